The quantitative estimate of drug-likeness (QED) is 0.507. The van der Waals surface area contributed by atoms with Crippen LogP contribution in [0.1, 0.15) is 30.5 Å². The van der Waals surface area contributed by atoms with Gasteiger partial charge in [-0.1, -0.05) is 54.1 Å². The molecule has 0 saturated carbocycles. The fraction of sp³-hybridized carbons (Fsp3) is 0.190. The lowest BCUT2D eigenvalue weighted by Crippen LogP contribution is -2.06. The highest BCUT2D eigenvalue weighted by Crippen LogP contribution is 2.18. The Morgan fingerprint density at radius 2 is 1.78 bits per heavy atom. The molecule has 2 heteroatoms. The van der Waals surface area contributed by atoms with Crippen LogP contribution < -0.4 is 5.63 Å². The predicted octanol–water partition coefficient (Wildman–Crippen LogP) is 4.89. The molecule has 0 unspecified atom stereocenters. The van der Waals surface area contributed by atoms with Crippen molar-refractivity contribution < 1.29 is 4.42 Å². The molecule has 3 rings (SSSR count). The van der Waals surface area contributed by atoms with Crippen molar-refractivity contribution >= 4 is 11.0 Å². The Bertz CT molecular complexity index is 898. The Hall–Kier alpha value is -2.61. The van der Waals surface area contributed by atoms with Gasteiger partial charge in [0, 0.05) is 10.9 Å². The van der Waals surface area contributed by atoms with Gasteiger partial charge in [-0.05, 0) is 49.9 Å². The van der Waals surface area contributed by atoms with Crippen LogP contribution in [0.15, 0.2) is 75.5 Å². The standard InChI is InChI=1S/C21H20O2/c1-15(2)8-10-19-14-18-11-9-17(13-20(18)23-21(19)22)12-16-6-4-3-5-7-16/h3-9,11,13-14H,10,12H2,1-2H3. The third kappa shape index (κ3) is 3.78. The van der Waals surface area contributed by atoms with Crippen molar-refractivity contribution in [1.82, 2.24) is 0 Å². The minimum absolute atomic E-state index is 0.244. The van der Waals surface area contributed by atoms with Gasteiger partial charge in [0.1, 0.15) is 5.58 Å². The van der Waals surface area contributed by atoms with Crippen LogP contribution in [0.5, 0.6) is 0 Å². The Morgan fingerprint density at radius 3 is 2.52 bits per heavy atom. The summed E-state index contributed by atoms with van der Waals surface area (Å²) in [6, 6.07) is 18.3. The molecule has 0 N–H and O–H groups in total. The van der Waals surface area contributed by atoms with Gasteiger partial charge in [0.15, 0.2) is 0 Å². The lowest BCUT2D eigenvalue weighted by Gasteiger charge is -2.05. The van der Waals surface area contributed by atoms with Crippen molar-refractivity contribution in [3.8, 4) is 0 Å². The highest BCUT2D eigenvalue weighted by atomic mass is 16.4. The van der Waals surface area contributed by atoms with Crippen LogP contribution in [-0.2, 0) is 12.8 Å². The van der Waals surface area contributed by atoms with E-state index in [1.54, 1.807) is 0 Å². The van der Waals surface area contributed by atoms with E-state index in [0.29, 0.717) is 17.6 Å². The number of hydrogen-bond acceptors (Lipinski definition) is 2. The second-order valence-corrected chi connectivity index (χ2v) is 6.08. The smallest absolute Gasteiger partial charge is 0.339 e. The molecule has 0 aliphatic heterocycles. The minimum Gasteiger partial charge on any atom is -0.423 e. The molecule has 0 aliphatic rings. The van der Waals surface area contributed by atoms with E-state index in [9.17, 15) is 4.79 Å². The zero-order valence-electron chi connectivity index (χ0n) is 13.5. The van der Waals surface area contributed by atoms with Gasteiger partial charge in [-0.15, -0.1) is 0 Å². The van der Waals surface area contributed by atoms with E-state index in [0.717, 1.165) is 17.4 Å². The van der Waals surface area contributed by atoms with Crippen molar-refractivity contribution in [2.75, 3.05) is 0 Å². The molecule has 0 amide bonds. The number of rotatable bonds is 4. The molecule has 23 heavy (non-hydrogen) atoms. The summed E-state index contributed by atoms with van der Waals surface area (Å²) in [6.07, 6.45) is 3.49. The van der Waals surface area contributed by atoms with Crippen molar-refractivity contribution in [3.63, 3.8) is 0 Å². The lowest BCUT2D eigenvalue weighted by molar-refractivity contribution is 0.552. The highest BCUT2D eigenvalue weighted by molar-refractivity contribution is 5.77. The second kappa shape index (κ2) is 6.66. The molecule has 1 heterocycles. The molecule has 0 spiro atoms. The molecule has 0 atom stereocenters. The molecular formula is C21H20O2. The average molecular weight is 304 g/mol. The van der Waals surface area contributed by atoms with Gasteiger partial charge in [0.2, 0.25) is 0 Å². The number of benzene rings is 2. The Kier molecular flexibility index (Phi) is 4.42. The van der Waals surface area contributed by atoms with E-state index in [1.807, 2.05) is 56.3 Å². The van der Waals surface area contributed by atoms with Crippen LogP contribution >= 0.6 is 0 Å². The van der Waals surface area contributed by atoms with Crippen LogP contribution in [0.25, 0.3) is 11.0 Å². The molecule has 3 aromatic rings. The van der Waals surface area contributed by atoms with E-state index >= 15 is 0 Å². The molecule has 0 saturated heterocycles. The molecule has 0 fully saturated rings. The summed E-state index contributed by atoms with van der Waals surface area (Å²) >= 11 is 0. The maximum absolute atomic E-state index is 12.1. The van der Waals surface area contributed by atoms with Crippen LogP contribution in [0.2, 0.25) is 0 Å². The number of fused-ring (bicyclic) bond motifs is 1. The van der Waals surface area contributed by atoms with Gasteiger partial charge in [-0.25, -0.2) is 4.79 Å². The van der Waals surface area contributed by atoms with E-state index in [4.69, 9.17) is 4.42 Å². The van der Waals surface area contributed by atoms with Crippen LogP contribution in [0.4, 0.5) is 0 Å². The second-order valence-electron chi connectivity index (χ2n) is 6.08. The van der Waals surface area contributed by atoms with E-state index in [1.165, 1.54) is 11.1 Å². The Balaban J connectivity index is 1.93. The van der Waals surface area contributed by atoms with Gasteiger partial charge >= 0.3 is 5.63 Å². The number of allylic oxidation sites excluding steroid dienone is 2. The molecule has 2 aromatic carbocycles. The monoisotopic (exact) mass is 304 g/mol. The molecule has 116 valence electrons. The SMILES string of the molecule is CC(C)=CCc1cc2ccc(Cc3ccccc3)cc2oc1=O. The lowest BCUT2D eigenvalue weighted by atomic mass is 10.0. The van der Waals surface area contributed by atoms with E-state index in [2.05, 4.69) is 18.2 Å². The fourth-order valence-electron chi connectivity index (χ4n) is 2.60. The molecule has 0 radical (unpaired) electrons. The zero-order valence-corrected chi connectivity index (χ0v) is 13.5. The van der Waals surface area contributed by atoms with Crippen LogP contribution in [0, 0.1) is 0 Å². The summed E-state index contributed by atoms with van der Waals surface area (Å²) in [5.41, 5.74) is 4.70. The van der Waals surface area contributed by atoms with Gasteiger partial charge in [0.05, 0.1) is 0 Å². The maximum atomic E-state index is 12.1. The van der Waals surface area contributed by atoms with Gasteiger partial charge in [-0.3, -0.25) is 0 Å². The average Bonchev–Trinajstić information content (AvgIpc) is 2.54. The van der Waals surface area contributed by atoms with Crippen molar-refractivity contribution in [2.24, 2.45) is 0 Å². The van der Waals surface area contributed by atoms with Crippen LogP contribution in [-0.4, -0.2) is 0 Å². The van der Waals surface area contributed by atoms with Gasteiger partial charge < -0.3 is 4.42 Å². The molecule has 0 aliphatic carbocycles. The van der Waals surface area contributed by atoms with Gasteiger partial charge in [0.25, 0.3) is 0 Å². The summed E-state index contributed by atoms with van der Waals surface area (Å²) in [4.78, 5) is 12.1. The molecular weight excluding hydrogens is 284 g/mol. The Morgan fingerprint density at radius 1 is 1.00 bits per heavy atom. The predicted molar refractivity (Wildman–Crippen MR) is 94.9 cm³/mol. The highest BCUT2D eigenvalue weighted by Gasteiger charge is 2.06. The first-order valence-electron chi connectivity index (χ1n) is 7.85. The van der Waals surface area contributed by atoms with Crippen LogP contribution in [0.3, 0.4) is 0 Å². The van der Waals surface area contributed by atoms with Crippen molar-refractivity contribution in [2.45, 2.75) is 26.7 Å². The third-order valence-electron chi connectivity index (χ3n) is 3.85. The first-order chi connectivity index (χ1) is 11.1. The summed E-state index contributed by atoms with van der Waals surface area (Å²) in [5.74, 6) is 0. The topological polar surface area (TPSA) is 30.2 Å². The minimum atomic E-state index is -0.244. The van der Waals surface area contributed by atoms with Gasteiger partial charge in [-0.2, -0.15) is 0 Å². The van der Waals surface area contributed by atoms with Crippen molar-refractivity contribution in [1.29, 1.82) is 0 Å². The van der Waals surface area contributed by atoms with E-state index < -0.39 is 0 Å². The first kappa shape index (κ1) is 15.3. The molecule has 2 nitrogen and oxygen atoms in total. The maximum Gasteiger partial charge on any atom is 0.339 e. The zero-order chi connectivity index (χ0) is 16.2. The normalized spacial score (nSPS) is 10.7. The van der Waals surface area contributed by atoms with E-state index in [-0.39, 0.29) is 5.63 Å². The third-order valence-corrected chi connectivity index (χ3v) is 3.85. The summed E-state index contributed by atoms with van der Waals surface area (Å²) in [6.45, 7) is 4.05. The summed E-state index contributed by atoms with van der Waals surface area (Å²) < 4.78 is 5.52. The fourth-order valence-corrected chi connectivity index (χ4v) is 2.60. The molecule has 1 aromatic heterocycles. The first-order valence-corrected chi connectivity index (χ1v) is 7.85. The summed E-state index contributed by atoms with van der Waals surface area (Å²) in [7, 11) is 0. The number of hydrogen-bond donors (Lipinski definition) is 0. The van der Waals surface area contributed by atoms with Crippen molar-refractivity contribution in [3.05, 3.63) is 93.4 Å². The molecule has 0 bridgehead atoms. The largest absolute Gasteiger partial charge is 0.423 e. The Labute approximate surface area is 136 Å². The summed E-state index contributed by atoms with van der Waals surface area (Å²) in [5, 5.41) is 0.971.